The third kappa shape index (κ3) is 3.71. The van der Waals surface area contributed by atoms with Gasteiger partial charge in [0.2, 0.25) is 5.89 Å². The van der Waals surface area contributed by atoms with Gasteiger partial charge in [0, 0.05) is 0 Å². The second-order valence-electron chi connectivity index (χ2n) is 4.42. The van der Waals surface area contributed by atoms with Crippen LogP contribution in [0.2, 0.25) is 0 Å². The first-order valence-corrected chi connectivity index (χ1v) is 6.66. The van der Waals surface area contributed by atoms with Crippen molar-refractivity contribution < 1.29 is 9.15 Å². The zero-order valence-corrected chi connectivity index (χ0v) is 12.0. The number of methoxy groups -OCH3 is 1. The van der Waals surface area contributed by atoms with Gasteiger partial charge in [-0.15, -0.1) is 5.10 Å². The fourth-order valence-corrected chi connectivity index (χ4v) is 1.78. The predicted octanol–water partition coefficient (Wildman–Crippen LogP) is 2.36. The molecule has 2 N–H and O–H groups in total. The van der Waals surface area contributed by atoms with Crippen molar-refractivity contribution in [2.45, 2.75) is 26.4 Å². The van der Waals surface area contributed by atoms with Crippen LogP contribution in [0.5, 0.6) is 5.75 Å². The number of hydrogen-bond acceptors (Lipinski definition) is 6. The first kappa shape index (κ1) is 14.3. The van der Waals surface area contributed by atoms with E-state index in [2.05, 4.69) is 20.8 Å². The third-order valence-corrected chi connectivity index (χ3v) is 2.95. The van der Waals surface area contributed by atoms with Crippen LogP contribution in [0.1, 0.15) is 31.3 Å². The van der Waals surface area contributed by atoms with Crippen LogP contribution in [0, 0.1) is 0 Å². The van der Waals surface area contributed by atoms with E-state index in [0.717, 1.165) is 17.9 Å². The summed E-state index contributed by atoms with van der Waals surface area (Å²) in [5.41, 5.74) is 1.12. The predicted molar refractivity (Wildman–Crippen MR) is 76.7 cm³/mol. The molecule has 6 heteroatoms. The lowest BCUT2D eigenvalue weighted by molar-refractivity contribution is 0.414. The van der Waals surface area contributed by atoms with Gasteiger partial charge >= 0.3 is 6.01 Å². The van der Waals surface area contributed by atoms with Crippen molar-refractivity contribution in [1.82, 2.24) is 15.5 Å². The standard InChI is InChI=1S/C14H20N4O2/c1-4-15-9-13-17-18-14(20-13)16-10(2)11-5-7-12(19-3)8-6-11/h5-8,10,15H,4,9H2,1-3H3,(H,16,18). The highest BCUT2D eigenvalue weighted by molar-refractivity contribution is 5.33. The number of hydrogen-bond donors (Lipinski definition) is 2. The molecule has 0 radical (unpaired) electrons. The van der Waals surface area contributed by atoms with E-state index in [4.69, 9.17) is 9.15 Å². The average Bonchev–Trinajstić information content (AvgIpc) is 2.92. The Balaban J connectivity index is 1.95. The van der Waals surface area contributed by atoms with Gasteiger partial charge in [-0.1, -0.05) is 24.2 Å². The molecule has 2 rings (SSSR count). The third-order valence-electron chi connectivity index (χ3n) is 2.95. The molecule has 1 atom stereocenters. The molecular weight excluding hydrogens is 256 g/mol. The monoisotopic (exact) mass is 276 g/mol. The second kappa shape index (κ2) is 6.91. The summed E-state index contributed by atoms with van der Waals surface area (Å²) in [5.74, 6) is 1.42. The number of rotatable bonds is 7. The largest absolute Gasteiger partial charge is 0.497 e. The molecule has 0 fully saturated rings. The molecule has 0 bridgehead atoms. The van der Waals surface area contributed by atoms with Crippen LogP contribution in [-0.4, -0.2) is 23.9 Å². The molecule has 20 heavy (non-hydrogen) atoms. The van der Waals surface area contributed by atoms with Gasteiger partial charge in [0.05, 0.1) is 19.7 Å². The highest BCUT2D eigenvalue weighted by Crippen LogP contribution is 2.20. The Morgan fingerprint density at radius 1 is 1.25 bits per heavy atom. The molecule has 6 nitrogen and oxygen atoms in total. The van der Waals surface area contributed by atoms with Crippen LogP contribution >= 0.6 is 0 Å². The van der Waals surface area contributed by atoms with Crippen molar-refractivity contribution in [3.63, 3.8) is 0 Å². The first-order chi connectivity index (χ1) is 9.72. The van der Waals surface area contributed by atoms with Gasteiger partial charge in [0.15, 0.2) is 0 Å². The maximum atomic E-state index is 5.50. The molecule has 2 aromatic rings. The Kier molecular flexibility index (Phi) is 4.95. The van der Waals surface area contributed by atoms with Gasteiger partial charge in [-0.2, -0.15) is 0 Å². The summed E-state index contributed by atoms with van der Waals surface area (Å²) in [6.07, 6.45) is 0. The SMILES string of the molecule is CCNCc1nnc(NC(C)c2ccc(OC)cc2)o1. The minimum absolute atomic E-state index is 0.0772. The maximum Gasteiger partial charge on any atom is 0.315 e. The molecule has 0 aliphatic heterocycles. The van der Waals surface area contributed by atoms with E-state index in [1.807, 2.05) is 38.1 Å². The summed E-state index contributed by atoms with van der Waals surface area (Å²) < 4.78 is 10.6. The van der Waals surface area contributed by atoms with Crippen LogP contribution in [0.4, 0.5) is 6.01 Å². The van der Waals surface area contributed by atoms with Crippen molar-refractivity contribution in [2.75, 3.05) is 19.0 Å². The van der Waals surface area contributed by atoms with E-state index in [1.54, 1.807) is 7.11 Å². The fourth-order valence-electron chi connectivity index (χ4n) is 1.78. The lowest BCUT2D eigenvalue weighted by Gasteiger charge is -2.12. The number of nitrogens with one attached hydrogen (secondary N) is 2. The summed E-state index contributed by atoms with van der Waals surface area (Å²) in [6, 6.07) is 8.38. The molecule has 0 aliphatic rings. The van der Waals surface area contributed by atoms with Gasteiger partial charge < -0.3 is 19.8 Å². The molecule has 1 heterocycles. The van der Waals surface area contributed by atoms with E-state index in [0.29, 0.717) is 18.5 Å². The molecule has 1 aromatic carbocycles. The average molecular weight is 276 g/mol. The zero-order chi connectivity index (χ0) is 14.4. The van der Waals surface area contributed by atoms with Gasteiger partial charge in [-0.3, -0.25) is 0 Å². The van der Waals surface area contributed by atoms with Gasteiger partial charge in [0.25, 0.3) is 0 Å². The molecular formula is C14H20N4O2. The zero-order valence-electron chi connectivity index (χ0n) is 12.0. The molecule has 0 saturated heterocycles. The van der Waals surface area contributed by atoms with E-state index >= 15 is 0 Å². The van der Waals surface area contributed by atoms with Crippen LogP contribution in [-0.2, 0) is 6.54 Å². The fraction of sp³-hybridized carbons (Fsp3) is 0.429. The molecule has 108 valence electrons. The Morgan fingerprint density at radius 3 is 2.65 bits per heavy atom. The number of benzene rings is 1. The Bertz CT molecular complexity index is 524. The number of aromatic nitrogens is 2. The van der Waals surface area contributed by atoms with Gasteiger partial charge in [0.1, 0.15) is 5.75 Å². The number of nitrogens with zero attached hydrogens (tertiary/aromatic N) is 2. The van der Waals surface area contributed by atoms with E-state index in [1.165, 1.54) is 0 Å². The number of ether oxygens (including phenoxy) is 1. The van der Waals surface area contributed by atoms with Gasteiger partial charge in [-0.05, 0) is 31.2 Å². The molecule has 1 unspecified atom stereocenters. The van der Waals surface area contributed by atoms with Crippen molar-refractivity contribution in [2.24, 2.45) is 0 Å². The quantitative estimate of drug-likeness (QED) is 0.809. The highest BCUT2D eigenvalue weighted by atomic mass is 16.5. The van der Waals surface area contributed by atoms with E-state index < -0.39 is 0 Å². The van der Waals surface area contributed by atoms with Crippen LogP contribution < -0.4 is 15.4 Å². The molecule has 0 amide bonds. The minimum Gasteiger partial charge on any atom is -0.497 e. The van der Waals surface area contributed by atoms with Crippen molar-refractivity contribution >= 4 is 6.01 Å². The van der Waals surface area contributed by atoms with E-state index in [-0.39, 0.29) is 6.04 Å². The van der Waals surface area contributed by atoms with Crippen molar-refractivity contribution in [1.29, 1.82) is 0 Å². The van der Waals surface area contributed by atoms with Crippen LogP contribution in [0.25, 0.3) is 0 Å². The molecule has 0 spiro atoms. The maximum absolute atomic E-state index is 5.50. The summed E-state index contributed by atoms with van der Waals surface area (Å²) in [5, 5.41) is 14.3. The Morgan fingerprint density at radius 2 is 2.00 bits per heavy atom. The van der Waals surface area contributed by atoms with Crippen molar-refractivity contribution in [3.05, 3.63) is 35.7 Å². The molecule has 0 aliphatic carbocycles. The highest BCUT2D eigenvalue weighted by Gasteiger charge is 2.10. The van der Waals surface area contributed by atoms with Crippen LogP contribution in [0.3, 0.4) is 0 Å². The molecule has 0 saturated carbocycles. The lowest BCUT2D eigenvalue weighted by Crippen LogP contribution is -2.11. The number of anilines is 1. The molecule has 1 aromatic heterocycles. The smallest absolute Gasteiger partial charge is 0.315 e. The minimum atomic E-state index is 0.0772. The lowest BCUT2D eigenvalue weighted by atomic mass is 10.1. The summed E-state index contributed by atoms with van der Waals surface area (Å²) >= 11 is 0. The normalized spacial score (nSPS) is 12.2. The second-order valence-corrected chi connectivity index (χ2v) is 4.42. The topological polar surface area (TPSA) is 72.2 Å². The van der Waals surface area contributed by atoms with Crippen molar-refractivity contribution in [3.8, 4) is 5.75 Å². The Hall–Kier alpha value is -2.08. The first-order valence-electron chi connectivity index (χ1n) is 6.66. The van der Waals surface area contributed by atoms with Gasteiger partial charge in [-0.25, -0.2) is 0 Å². The van der Waals surface area contributed by atoms with E-state index in [9.17, 15) is 0 Å². The van der Waals surface area contributed by atoms with Crippen LogP contribution in [0.15, 0.2) is 28.7 Å². The summed E-state index contributed by atoms with van der Waals surface area (Å²) in [4.78, 5) is 0. The summed E-state index contributed by atoms with van der Waals surface area (Å²) in [7, 11) is 1.65. The summed E-state index contributed by atoms with van der Waals surface area (Å²) in [6.45, 7) is 5.52. The Labute approximate surface area is 118 Å².